The summed E-state index contributed by atoms with van der Waals surface area (Å²) in [5.74, 6) is 1.47. The minimum atomic E-state index is 0.104. The highest BCUT2D eigenvalue weighted by Gasteiger charge is 2.21. The zero-order chi connectivity index (χ0) is 11.7. The molecule has 1 aromatic rings. The maximum absolute atomic E-state index is 6.18. The molecule has 1 aliphatic heterocycles. The first-order valence-corrected chi connectivity index (χ1v) is 6.60. The van der Waals surface area contributed by atoms with Crippen LogP contribution in [0.2, 0.25) is 0 Å². The lowest BCUT2D eigenvalue weighted by Gasteiger charge is -2.18. The second-order valence-electron chi connectivity index (χ2n) is 4.67. The van der Waals surface area contributed by atoms with Gasteiger partial charge in [-0.15, -0.1) is 0 Å². The molecule has 2 N–H and O–H groups in total. The third-order valence-electron chi connectivity index (χ3n) is 3.04. The fraction of sp³-hybridized carbons (Fsp3) is 0.538. The van der Waals surface area contributed by atoms with Crippen LogP contribution in [0.25, 0.3) is 0 Å². The summed E-state index contributed by atoms with van der Waals surface area (Å²) < 4.78 is 6.96. The predicted octanol–water partition coefficient (Wildman–Crippen LogP) is 3.74. The lowest BCUT2D eigenvalue weighted by Crippen LogP contribution is -2.10. The molecule has 1 aliphatic rings. The molecule has 0 radical (unpaired) electrons. The molecule has 0 saturated heterocycles. The highest BCUT2D eigenvalue weighted by atomic mass is 79.9. The van der Waals surface area contributed by atoms with Crippen molar-refractivity contribution < 1.29 is 4.74 Å². The van der Waals surface area contributed by atoms with Gasteiger partial charge in [-0.2, -0.15) is 0 Å². The summed E-state index contributed by atoms with van der Waals surface area (Å²) >= 11 is 3.55. The van der Waals surface area contributed by atoms with Crippen molar-refractivity contribution in [1.29, 1.82) is 0 Å². The second-order valence-corrected chi connectivity index (χ2v) is 5.58. The molecular formula is C13H18BrNO. The SMILES string of the molecule is CC(C)c1cc(Br)cc2c1OCCC[C@@H]2N. The Bertz CT molecular complexity index is 390. The van der Waals surface area contributed by atoms with Gasteiger partial charge in [0, 0.05) is 16.1 Å². The number of halogens is 1. The van der Waals surface area contributed by atoms with E-state index in [0.29, 0.717) is 5.92 Å². The number of benzene rings is 1. The Balaban J connectivity index is 2.56. The highest BCUT2D eigenvalue weighted by molar-refractivity contribution is 9.10. The summed E-state index contributed by atoms with van der Waals surface area (Å²) in [4.78, 5) is 0. The van der Waals surface area contributed by atoms with Crippen molar-refractivity contribution >= 4 is 15.9 Å². The van der Waals surface area contributed by atoms with E-state index in [4.69, 9.17) is 10.5 Å². The second kappa shape index (κ2) is 4.76. The Kier molecular flexibility index (Phi) is 3.55. The number of hydrogen-bond acceptors (Lipinski definition) is 2. The summed E-state index contributed by atoms with van der Waals surface area (Å²) in [5.41, 5.74) is 8.58. The molecule has 2 rings (SSSR count). The number of rotatable bonds is 1. The third-order valence-corrected chi connectivity index (χ3v) is 3.50. The standard InChI is InChI=1S/C13H18BrNO/c1-8(2)10-6-9(14)7-11-12(15)4-3-5-16-13(10)11/h6-8,12H,3-5,15H2,1-2H3/t12-/m0/s1. The molecule has 0 aliphatic carbocycles. The molecule has 1 aromatic carbocycles. The van der Waals surface area contributed by atoms with Crippen LogP contribution in [0.1, 0.15) is 49.8 Å². The first-order valence-electron chi connectivity index (χ1n) is 5.81. The van der Waals surface area contributed by atoms with Crippen LogP contribution in [0.5, 0.6) is 5.75 Å². The van der Waals surface area contributed by atoms with Crippen LogP contribution >= 0.6 is 15.9 Å². The summed E-state index contributed by atoms with van der Waals surface area (Å²) in [6.45, 7) is 5.14. The van der Waals surface area contributed by atoms with Crippen molar-refractivity contribution in [3.8, 4) is 5.75 Å². The van der Waals surface area contributed by atoms with Crippen molar-refractivity contribution in [2.75, 3.05) is 6.61 Å². The van der Waals surface area contributed by atoms with Crippen LogP contribution in [0.4, 0.5) is 0 Å². The maximum atomic E-state index is 6.18. The number of ether oxygens (including phenoxy) is 1. The maximum Gasteiger partial charge on any atom is 0.127 e. The molecule has 1 heterocycles. The van der Waals surface area contributed by atoms with Gasteiger partial charge in [0.25, 0.3) is 0 Å². The Morgan fingerprint density at radius 2 is 2.19 bits per heavy atom. The normalized spacial score (nSPS) is 20.2. The Morgan fingerprint density at radius 3 is 2.88 bits per heavy atom. The predicted molar refractivity (Wildman–Crippen MR) is 69.9 cm³/mol. The van der Waals surface area contributed by atoms with Gasteiger partial charge >= 0.3 is 0 Å². The third kappa shape index (κ3) is 2.25. The van der Waals surface area contributed by atoms with E-state index in [9.17, 15) is 0 Å². The summed E-state index contributed by atoms with van der Waals surface area (Å²) in [6.07, 6.45) is 2.03. The van der Waals surface area contributed by atoms with Crippen molar-refractivity contribution in [2.45, 2.75) is 38.6 Å². The average Bonchev–Trinajstić information content (AvgIpc) is 2.40. The average molecular weight is 284 g/mol. The largest absolute Gasteiger partial charge is 0.493 e. The molecule has 88 valence electrons. The molecule has 0 bridgehead atoms. The lowest BCUT2D eigenvalue weighted by molar-refractivity contribution is 0.312. The quantitative estimate of drug-likeness (QED) is 0.852. The van der Waals surface area contributed by atoms with E-state index >= 15 is 0 Å². The van der Waals surface area contributed by atoms with Crippen LogP contribution in [0.3, 0.4) is 0 Å². The highest BCUT2D eigenvalue weighted by Crippen LogP contribution is 2.38. The van der Waals surface area contributed by atoms with Gasteiger partial charge in [-0.1, -0.05) is 29.8 Å². The molecule has 1 atom stereocenters. The molecule has 0 amide bonds. The van der Waals surface area contributed by atoms with Gasteiger partial charge in [-0.05, 0) is 36.5 Å². The molecule has 16 heavy (non-hydrogen) atoms. The summed E-state index contributed by atoms with van der Waals surface area (Å²) in [7, 11) is 0. The Labute approximate surface area is 105 Å². The first kappa shape index (κ1) is 11.9. The van der Waals surface area contributed by atoms with Crippen LogP contribution in [0.15, 0.2) is 16.6 Å². The topological polar surface area (TPSA) is 35.2 Å². The summed E-state index contributed by atoms with van der Waals surface area (Å²) in [5, 5.41) is 0. The van der Waals surface area contributed by atoms with Crippen LogP contribution in [-0.2, 0) is 0 Å². The molecular weight excluding hydrogens is 266 g/mol. The van der Waals surface area contributed by atoms with Crippen LogP contribution in [0, 0.1) is 0 Å². The minimum Gasteiger partial charge on any atom is -0.493 e. The molecule has 0 aromatic heterocycles. The first-order chi connectivity index (χ1) is 7.59. The molecule has 3 heteroatoms. The molecule has 0 saturated carbocycles. The Hall–Kier alpha value is -0.540. The van der Waals surface area contributed by atoms with Gasteiger partial charge in [0.1, 0.15) is 5.75 Å². The number of fused-ring (bicyclic) bond motifs is 1. The van der Waals surface area contributed by atoms with Gasteiger partial charge in [0.2, 0.25) is 0 Å². The number of nitrogens with two attached hydrogens (primary N) is 1. The van der Waals surface area contributed by atoms with E-state index in [0.717, 1.165) is 35.2 Å². The van der Waals surface area contributed by atoms with E-state index < -0.39 is 0 Å². The summed E-state index contributed by atoms with van der Waals surface area (Å²) in [6, 6.07) is 4.34. The van der Waals surface area contributed by atoms with Gasteiger partial charge in [-0.3, -0.25) is 0 Å². The van der Waals surface area contributed by atoms with E-state index in [1.807, 2.05) is 0 Å². The van der Waals surface area contributed by atoms with Crippen molar-refractivity contribution in [1.82, 2.24) is 0 Å². The van der Waals surface area contributed by atoms with E-state index in [-0.39, 0.29) is 6.04 Å². The molecule has 0 fully saturated rings. The van der Waals surface area contributed by atoms with Crippen molar-refractivity contribution in [3.05, 3.63) is 27.7 Å². The van der Waals surface area contributed by atoms with Gasteiger partial charge < -0.3 is 10.5 Å². The minimum absolute atomic E-state index is 0.104. The van der Waals surface area contributed by atoms with Gasteiger partial charge in [-0.25, -0.2) is 0 Å². The Morgan fingerprint density at radius 1 is 1.44 bits per heavy atom. The molecule has 0 unspecified atom stereocenters. The number of hydrogen-bond donors (Lipinski definition) is 1. The zero-order valence-electron chi connectivity index (χ0n) is 9.79. The van der Waals surface area contributed by atoms with Gasteiger partial charge in [0.05, 0.1) is 6.61 Å². The van der Waals surface area contributed by atoms with Crippen molar-refractivity contribution in [3.63, 3.8) is 0 Å². The van der Waals surface area contributed by atoms with Gasteiger partial charge in [0.15, 0.2) is 0 Å². The fourth-order valence-corrected chi connectivity index (χ4v) is 2.63. The van der Waals surface area contributed by atoms with Crippen LogP contribution in [-0.4, -0.2) is 6.61 Å². The smallest absolute Gasteiger partial charge is 0.127 e. The molecule has 2 nitrogen and oxygen atoms in total. The zero-order valence-corrected chi connectivity index (χ0v) is 11.4. The van der Waals surface area contributed by atoms with E-state index in [1.165, 1.54) is 5.56 Å². The van der Waals surface area contributed by atoms with Crippen LogP contribution < -0.4 is 10.5 Å². The van der Waals surface area contributed by atoms with E-state index in [1.54, 1.807) is 0 Å². The monoisotopic (exact) mass is 283 g/mol. The fourth-order valence-electron chi connectivity index (χ4n) is 2.14. The van der Waals surface area contributed by atoms with Crippen molar-refractivity contribution in [2.24, 2.45) is 5.73 Å². The lowest BCUT2D eigenvalue weighted by atomic mass is 9.95. The molecule has 0 spiro atoms. The van der Waals surface area contributed by atoms with E-state index in [2.05, 4.69) is 41.9 Å².